The first-order chi connectivity index (χ1) is 7.83. The van der Waals surface area contributed by atoms with E-state index in [4.69, 9.17) is 15.4 Å². The van der Waals surface area contributed by atoms with Gasteiger partial charge in [0.1, 0.15) is 12.0 Å². The van der Waals surface area contributed by atoms with Crippen molar-refractivity contribution in [1.29, 1.82) is 0 Å². The molecule has 0 saturated carbocycles. The van der Waals surface area contributed by atoms with E-state index in [1.807, 2.05) is 24.3 Å². The van der Waals surface area contributed by atoms with Crippen LogP contribution in [0.5, 0.6) is 0 Å². The fourth-order valence-electron chi connectivity index (χ4n) is 1.64. The summed E-state index contributed by atoms with van der Waals surface area (Å²) < 4.78 is 4.96. The fraction of sp³-hybridized carbons (Fsp3) is 0.250. The van der Waals surface area contributed by atoms with Gasteiger partial charge in [0, 0.05) is 23.4 Å². The zero-order chi connectivity index (χ0) is 11.4. The molecule has 1 aromatic carbocycles. The predicted molar refractivity (Wildman–Crippen MR) is 61.8 cm³/mol. The number of nitrogen functional groups attached to an aromatic ring is 1. The predicted octanol–water partition coefficient (Wildman–Crippen LogP) is 1.85. The molecule has 0 saturated heterocycles. The van der Waals surface area contributed by atoms with Gasteiger partial charge in [-0.2, -0.15) is 0 Å². The van der Waals surface area contributed by atoms with Crippen LogP contribution in [0.4, 0.5) is 5.69 Å². The van der Waals surface area contributed by atoms with Crippen LogP contribution in [0.2, 0.25) is 0 Å². The highest BCUT2D eigenvalue weighted by Crippen LogP contribution is 2.27. The number of nitrogens with zero attached hydrogens (tertiary/aromatic N) is 1. The number of benzene rings is 1. The van der Waals surface area contributed by atoms with Gasteiger partial charge >= 0.3 is 0 Å². The molecule has 0 radical (unpaired) electrons. The highest BCUT2D eigenvalue weighted by Gasteiger charge is 2.11. The van der Waals surface area contributed by atoms with Crippen molar-refractivity contribution in [3.05, 3.63) is 36.1 Å². The molecule has 1 aromatic heterocycles. The van der Waals surface area contributed by atoms with E-state index in [0.717, 1.165) is 23.2 Å². The van der Waals surface area contributed by atoms with Gasteiger partial charge in [-0.3, -0.25) is 0 Å². The first kappa shape index (κ1) is 10.7. The van der Waals surface area contributed by atoms with E-state index >= 15 is 0 Å². The molecule has 0 aliphatic carbocycles. The van der Waals surface area contributed by atoms with Crippen LogP contribution in [-0.4, -0.2) is 16.9 Å². The molecule has 0 atom stereocenters. The van der Waals surface area contributed by atoms with E-state index in [1.165, 1.54) is 0 Å². The minimum Gasteiger partial charge on any atom is -0.398 e. The maximum absolute atomic E-state index is 8.81. The van der Waals surface area contributed by atoms with E-state index in [9.17, 15) is 0 Å². The zero-order valence-electron chi connectivity index (χ0n) is 8.89. The number of hydrogen-bond donors (Lipinski definition) is 2. The Kier molecular flexibility index (Phi) is 3.22. The Hall–Kier alpha value is -1.81. The van der Waals surface area contributed by atoms with Crippen molar-refractivity contribution >= 4 is 5.69 Å². The Morgan fingerprint density at radius 3 is 2.88 bits per heavy atom. The first-order valence-corrected chi connectivity index (χ1v) is 5.22. The highest BCUT2D eigenvalue weighted by molar-refractivity contribution is 5.75. The molecule has 0 amide bonds. The number of aliphatic hydroxyl groups is 1. The summed E-state index contributed by atoms with van der Waals surface area (Å²) in [5.74, 6) is 0. The number of para-hydroxylation sites is 1. The van der Waals surface area contributed by atoms with E-state index < -0.39 is 0 Å². The van der Waals surface area contributed by atoms with Crippen molar-refractivity contribution in [3.63, 3.8) is 0 Å². The molecule has 84 valence electrons. The van der Waals surface area contributed by atoms with Crippen LogP contribution in [0.3, 0.4) is 0 Å². The topological polar surface area (TPSA) is 72.3 Å². The Morgan fingerprint density at radius 2 is 2.12 bits per heavy atom. The smallest absolute Gasteiger partial charge is 0.127 e. The van der Waals surface area contributed by atoms with E-state index in [2.05, 4.69) is 5.16 Å². The summed E-state index contributed by atoms with van der Waals surface area (Å²) in [6, 6.07) is 7.54. The second kappa shape index (κ2) is 4.81. The van der Waals surface area contributed by atoms with Gasteiger partial charge in [0.15, 0.2) is 0 Å². The number of aryl methyl sites for hydroxylation is 1. The van der Waals surface area contributed by atoms with Crippen molar-refractivity contribution in [3.8, 4) is 11.3 Å². The molecular formula is C12H14N2O2. The average Bonchev–Trinajstić information content (AvgIpc) is 2.75. The summed E-state index contributed by atoms with van der Waals surface area (Å²) in [5, 5.41) is 12.8. The molecule has 0 fully saturated rings. The summed E-state index contributed by atoms with van der Waals surface area (Å²) in [6.45, 7) is 0.162. The number of nitrogens with two attached hydrogens (primary N) is 1. The van der Waals surface area contributed by atoms with E-state index in [0.29, 0.717) is 12.1 Å². The van der Waals surface area contributed by atoms with Crippen LogP contribution in [-0.2, 0) is 6.42 Å². The van der Waals surface area contributed by atoms with Crippen LogP contribution in [0, 0.1) is 0 Å². The molecule has 0 aliphatic rings. The van der Waals surface area contributed by atoms with Gasteiger partial charge < -0.3 is 15.4 Å². The largest absolute Gasteiger partial charge is 0.398 e. The summed E-state index contributed by atoms with van der Waals surface area (Å²) in [6.07, 6.45) is 3.04. The van der Waals surface area contributed by atoms with E-state index in [-0.39, 0.29) is 6.61 Å². The summed E-state index contributed by atoms with van der Waals surface area (Å²) >= 11 is 0. The molecule has 2 rings (SSSR count). The normalized spacial score (nSPS) is 10.6. The van der Waals surface area contributed by atoms with Crippen molar-refractivity contribution in [2.45, 2.75) is 12.8 Å². The Labute approximate surface area is 93.7 Å². The molecule has 0 unspecified atom stereocenters. The lowest BCUT2D eigenvalue weighted by molar-refractivity contribution is 0.288. The summed E-state index contributed by atoms with van der Waals surface area (Å²) in [7, 11) is 0. The number of hydrogen-bond acceptors (Lipinski definition) is 4. The number of rotatable bonds is 4. The van der Waals surface area contributed by atoms with Crippen LogP contribution >= 0.6 is 0 Å². The summed E-state index contributed by atoms with van der Waals surface area (Å²) in [5.41, 5.74) is 9.19. The molecule has 0 spiro atoms. The maximum Gasteiger partial charge on any atom is 0.127 e. The van der Waals surface area contributed by atoms with Gasteiger partial charge in [0.2, 0.25) is 0 Å². The monoisotopic (exact) mass is 218 g/mol. The van der Waals surface area contributed by atoms with E-state index in [1.54, 1.807) is 6.26 Å². The Bertz CT molecular complexity index is 466. The molecule has 0 bridgehead atoms. The van der Waals surface area contributed by atoms with Gasteiger partial charge in [0.05, 0.1) is 0 Å². The fourth-order valence-corrected chi connectivity index (χ4v) is 1.64. The minimum absolute atomic E-state index is 0.162. The molecule has 0 aliphatic heterocycles. The van der Waals surface area contributed by atoms with Gasteiger partial charge in [0.25, 0.3) is 0 Å². The number of aromatic nitrogens is 1. The van der Waals surface area contributed by atoms with Crippen LogP contribution in [0.15, 0.2) is 35.1 Å². The maximum atomic E-state index is 8.81. The van der Waals surface area contributed by atoms with Gasteiger partial charge in [-0.1, -0.05) is 23.4 Å². The van der Waals surface area contributed by atoms with Crippen LogP contribution in [0.25, 0.3) is 11.3 Å². The lowest BCUT2D eigenvalue weighted by Crippen LogP contribution is -1.94. The van der Waals surface area contributed by atoms with Crippen molar-refractivity contribution in [2.75, 3.05) is 12.3 Å². The molecule has 1 heterocycles. The molecule has 4 nitrogen and oxygen atoms in total. The van der Waals surface area contributed by atoms with Gasteiger partial charge in [-0.05, 0) is 18.9 Å². The quantitative estimate of drug-likeness (QED) is 0.768. The molecular weight excluding hydrogens is 204 g/mol. The van der Waals surface area contributed by atoms with Crippen molar-refractivity contribution in [1.82, 2.24) is 5.16 Å². The molecule has 2 aromatic rings. The molecule has 3 N–H and O–H groups in total. The molecule has 4 heteroatoms. The van der Waals surface area contributed by atoms with Gasteiger partial charge in [-0.15, -0.1) is 0 Å². The average molecular weight is 218 g/mol. The Morgan fingerprint density at radius 1 is 1.31 bits per heavy atom. The lowest BCUT2D eigenvalue weighted by atomic mass is 10.0. The second-order valence-electron chi connectivity index (χ2n) is 3.60. The minimum atomic E-state index is 0.162. The first-order valence-electron chi connectivity index (χ1n) is 5.22. The third kappa shape index (κ3) is 2.06. The van der Waals surface area contributed by atoms with Crippen molar-refractivity contribution in [2.24, 2.45) is 0 Å². The third-order valence-electron chi connectivity index (χ3n) is 2.46. The second-order valence-corrected chi connectivity index (χ2v) is 3.60. The lowest BCUT2D eigenvalue weighted by Gasteiger charge is -2.03. The van der Waals surface area contributed by atoms with Gasteiger partial charge in [-0.25, -0.2) is 0 Å². The highest BCUT2D eigenvalue weighted by atomic mass is 16.5. The standard InChI is InChI=1S/C12H14N2O2/c13-11-6-2-1-5-10(11)12-9(4-3-7-15)8-16-14-12/h1-2,5-6,8,15H,3-4,7,13H2. The van der Waals surface area contributed by atoms with Crippen molar-refractivity contribution < 1.29 is 9.63 Å². The SMILES string of the molecule is Nc1ccccc1-c1nocc1CCCO. The summed E-state index contributed by atoms with van der Waals surface area (Å²) in [4.78, 5) is 0. The van der Waals surface area contributed by atoms with Crippen LogP contribution in [0.1, 0.15) is 12.0 Å². The third-order valence-corrected chi connectivity index (χ3v) is 2.46. The zero-order valence-corrected chi connectivity index (χ0v) is 8.89. The number of anilines is 1. The molecule has 16 heavy (non-hydrogen) atoms. The number of aliphatic hydroxyl groups excluding tert-OH is 1. The Balaban J connectivity index is 2.33. The van der Waals surface area contributed by atoms with Crippen LogP contribution < -0.4 is 5.73 Å².